The number of hydrogen-bond donors (Lipinski definition) is 1. The topological polar surface area (TPSA) is 37.3 Å². The zero-order valence-corrected chi connectivity index (χ0v) is 10.7. The summed E-state index contributed by atoms with van der Waals surface area (Å²) in [5.74, 6) is 0.0769. The summed E-state index contributed by atoms with van der Waals surface area (Å²) in [7, 11) is 0. The van der Waals surface area contributed by atoms with Gasteiger partial charge in [-0.2, -0.15) is 0 Å². The van der Waals surface area contributed by atoms with Gasteiger partial charge in [0.2, 0.25) is 0 Å². The van der Waals surface area contributed by atoms with Crippen LogP contribution in [0, 0.1) is 0 Å². The molecule has 0 atom stereocenters. The lowest BCUT2D eigenvalue weighted by Crippen LogP contribution is -1.95. The number of aromatic carboxylic acids is 1. The maximum atomic E-state index is 10.8. The average Bonchev–Trinajstić information content (AvgIpc) is 2.40. The van der Waals surface area contributed by atoms with Crippen LogP contribution in [-0.4, -0.2) is 16.8 Å². The van der Waals surface area contributed by atoms with Gasteiger partial charge in [0.25, 0.3) is 0 Å². The Morgan fingerprint density at radius 3 is 2.56 bits per heavy atom. The first-order valence-corrected chi connectivity index (χ1v) is 6.74. The van der Waals surface area contributed by atoms with Crippen LogP contribution >= 0.6 is 11.8 Å². The third-order valence-corrected chi connectivity index (χ3v) is 3.58. The summed E-state index contributed by atoms with van der Waals surface area (Å²) < 4.78 is 0. The van der Waals surface area contributed by atoms with E-state index in [0.29, 0.717) is 5.56 Å². The largest absolute Gasteiger partial charge is 0.478 e. The van der Waals surface area contributed by atoms with Gasteiger partial charge in [-0.05, 0) is 30.2 Å². The molecule has 0 aromatic heterocycles. The molecule has 2 nitrogen and oxygen atoms in total. The lowest BCUT2D eigenvalue weighted by Gasteiger charge is -2.03. The van der Waals surface area contributed by atoms with Crippen LogP contribution in [0.1, 0.15) is 15.9 Å². The van der Waals surface area contributed by atoms with Gasteiger partial charge in [-0.1, -0.05) is 36.4 Å². The van der Waals surface area contributed by atoms with Crippen molar-refractivity contribution < 1.29 is 9.90 Å². The molecule has 0 radical (unpaired) electrons. The van der Waals surface area contributed by atoms with Crippen LogP contribution in [0.4, 0.5) is 0 Å². The Labute approximate surface area is 111 Å². The van der Waals surface area contributed by atoms with Crippen LogP contribution in [0.5, 0.6) is 0 Å². The van der Waals surface area contributed by atoms with Crippen LogP contribution in [0.25, 0.3) is 0 Å². The van der Waals surface area contributed by atoms with E-state index in [1.807, 2.05) is 24.3 Å². The molecule has 0 aliphatic rings. The molecule has 2 aromatic carbocycles. The van der Waals surface area contributed by atoms with E-state index < -0.39 is 5.97 Å². The third kappa shape index (κ3) is 3.64. The average molecular weight is 258 g/mol. The first-order valence-electron chi connectivity index (χ1n) is 5.76. The highest BCUT2D eigenvalue weighted by molar-refractivity contribution is 7.99. The van der Waals surface area contributed by atoms with Gasteiger partial charge in [-0.3, -0.25) is 0 Å². The standard InChI is InChI=1S/C15H14O2S/c16-15(17)13-7-4-8-14(11-13)18-10-9-12-5-2-1-3-6-12/h1-8,11H,9-10H2,(H,16,17). The van der Waals surface area contributed by atoms with Gasteiger partial charge >= 0.3 is 5.97 Å². The van der Waals surface area contributed by atoms with Crippen LogP contribution in [0.15, 0.2) is 59.5 Å². The molecule has 0 spiro atoms. The number of carboxylic acid groups (broad SMARTS) is 1. The maximum absolute atomic E-state index is 10.8. The number of hydrogen-bond acceptors (Lipinski definition) is 2. The minimum atomic E-state index is -0.875. The second-order valence-electron chi connectivity index (χ2n) is 3.92. The molecule has 0 amide bonds. The highest BCUT2D eigenvalue weighted by Crippen LogP contribution is 2.20. The third-order valence-electron chi connectivity index (χ3n) is 2.58. The summed E-state index contributed by atoms with van der Waals surface area (Å²) in [5.41, 5.74) is 1.65. The molecule has 0 saturated heterocycles. The predicted octanol–water partition coefficient (Wildman–Crippen LogP) is 3.72. The summed E-state index contributed by atoms with van der Waals surface area (Å²) in [6.07, 6.45) is 0.989. The van der Waals surface area contributed by atoms with E-state index in [4.69, 9.17) is 5.11 Å². The molecule has 18 heavy (non-hydrogen) atoms. The molecule has 0 bridgehead atoms. The summed E-state index contributed by atoms with van der Waals surface area (Å²) in [6, 6.07) is 17.4. The molecular weight excluding hydrogens is 244 g/mol. The zero-order chi connectivity index (χ0) is 12.8. The molecule has 2 aromatic rings. The fourth-order valence-electron chi connectivity index (χ4n) is 1.65. The number of thioether (sulfide) groups is 1. The van der Waals surface area contributed by atoms with E-state index in [9.17, 15) is 4.79 Å². The molecule has 0 aliphatic carbocycles. The highest BCUT2D eigenvalue weighted by atomic mass is 32.2. The molecule has 1 N–H and O–H groups in total. The Kier molecular flexibility index (Phi) is 4.42. The van der Waals surface area contributed by atoms with Crippen molar-refractivity contribution in [3.8, 4) is 0 Å². The van der Waals surface area contributed by atoms with Crippen molar-refractivity contribution in [3.63, 3.8) is 0 Å². The fourth-order valence-corrected chi connectivity index (χ4v) is 2.61. The maximum Gasteiger partial charge on any atom is 0.335 e. The summed E-state index contributed by atoms with van der Waals surface area (Å²) in [5, 5.41) is 8.90. The minimum absolute atomic E-state index is 0.347. The normalized spacial score (nSPS) is 10.2. The van der Waals surface area contributed by atoms with E-state index in [0.717, 1.165) is 17.1 Å². The number of rotatable bonds is 5. The van der Waals surface area contributed by atoms with Crippen molar-refractivity contribution in [2.45, 2.75) is 11.3 Å². The van der Waals surface area contributed by atoms with E-state index in [1.165, 1.54) is 5.56 Å². The molecule has 3 heteroatoms. The Morgan fingerprint density at radius 2 is 1.83 bits per heavy atom. The highest BCUT2D eigenvalue weighted by Gasteiger charge is 2.03. The summed E-state index contributed by atoms with van der Waals surface area (Å²) in [6.45, 7) is 0. The molecular formula is C15H14O2S. The van der Waals surface area contributed by atoms with Crippen molar-refractivity contribution in [1.82, 2.24) is 0 Å². The van der Waals surface area contributed by atoms with Gasteiger partial charge < -0.3 is 5.11 Å². The molecule has 0 heterocycles. The van der Waals surface area contributed by atoms with Crippen LogP contribution in [-0.2, 0) is 6.42 Å². The predicted molar refractivity (Wildman–Crippen MR) is 74.3 cm³/mol. The quantitative estimate of drug-likeness (QED) is 0.830. The Hall–Kier alpha value is -1.74. The molecule has 0 unspecified atom stereocenters. The van der Waals surface area contributed by atoms with Gasteiger partial charge in [-0.15, -0.1) is 11.8 Å². The molecule has 2 rings (SSSR count). The Bertz CT molecular complexity index is 523. The van der Waals surface area contributed by atoms with Crippen molar-refractivity contribution in [3.05, 3.63) is 65.7 Å². The molecule has 0 saturated carbocycles. The molecule has 0 fully saturated rings. The van der Waals surface area contributed by atoms with E-state index in [1.54, 1.807) is 30.0 Å². The zero-order valence-electron chi connectivity index (χ0n) is 9.87. The summed E-state index contributed by atoms with van der Waals surface area (Å²) >= 11 is 1.68. The van der Waals surface area contributed by atoms with Crippen molar-refractivity contribution in [2.75, 3.05) is 5.75 Å². The van der Waals surface area contributed by atoms with Gasteiger partial charge in [-0.25, -0.2) is 4.79 Å². The van der Waals surface area contributed by atoms with Crippen molar-refractivity contribution >= 4 is 17.7 Å². The molecule has 92 valence electrons. The number of aryl methyl sites for hydroxylation is 1. The van der Waals surface area contributed by atoms with E-state index >= 15 is 0 Å². The van der Waals surface area contributed by atoms with Gasteiger partial charge in [0.15, 0.2) is 0 Å². The SMILES string of the molecule is O=C(O)c1cccc(SCCc2ccccc2)c1. The lowest BCUT2D eigenvalue weighted by atomic mass is 10.2. The smallest absolute Gasteiger partial charge is 0.335 e. The fraction of sp³-hybridized carbons (Fsp3) is 0.133. The van der Waals surface area contributed by atoms with Gasteiger partial charge in [0.05, 0.1) is 5.56 Å². The minimum Gasteiger partial charge on any atom is -0.478 e. The van der Waals surface area contributed by atoms with Gasteiger partial charge in [0, 0.05) is 10.6 Å². The molecule has 0 aliphatic heterocycles. The Morgan fingerprint density at radius 1 is 1.06 bits per heavy atom. The van der Waals surface area contributed by atoms with Crippen LogP contribution < -0.4 is 0 Å². The van der Waals surface area contributed by atoms with Crippen LogP contribution in [0.3, 0.4) is 0 Å². The van der Waals surface area contributed by atoms with E-state index in [-0.39, 0.29) is 0 Å². The van der Waals surface area contributed by atoms with Gasteiger partial charge in [0.1, 0.15) is 0 Å². The first-order chi connectivity index (χ1) is 8.75. The van der Waals surface area contributed by atoms with Crippen LogP contribution in [0.2, 0.25) is 0 Å². The monoisotopic (exact) mass is 258 g/mol. The second kappa shape index (κ2) is 6.26. The van der Waals surface area contributed by atoms with Crippen molar-refractivity contribution in [2.24, 2.45) is 0 Å². The van der Waals surface area contributed by atoms with E-state index in [2.05, 4.69) is 12.1 Å². The first kappa shape index (κ1) is 12.7. The number of carboxylic acids is 1. The lowest BCUT2D eigenvalue weighted by molar-refractivity contribution is 0.0696. The van der Waals surface area contributed by atoms with Crippen molar-refractivity contribution in [1.29, 1.82) is 0 Å². The number of carbonyl (C=O) groups is 1. The Balaban J connectivity index is 1.90. The second-order valence-corrected chi connectivity index (χ2v) is 5.09. The summed E-state index contributed by atoms with van der Waals surface area (Å²) in [4.78, 5) is 11.8. The number of benzene rings is 2.